The summed E-state index contributed by atoms with van der Waals surface area (Å²) < 4.78 is 11.4. The van der Waals surface area contributed by atoms with E-state index in [-0.39, 0.29) is 24.7 Å². The molecule has 1 aliphatic heterocycles. The van der Waals surface area contributed by atoms with Crippen LogP contribution in [0, 0.1) is 11.8 Å². The van der Waals surface area contributed by atoms with Crippen molar-refractivity contribution in [2.75, 3.05) is 6.61 Å². The van der Waals surface area contributed by atoms with Gasteiger partial charge in [0, 0.05) is 5.92 Å². The molecule has 4 nitrogen and oxygen atoms in total. The first-order valence-electron chi connectivity index (χ1n) is 6.41. The Kier molecular flexibility index (Phi) is 4.95. The van der Waals surface area contributed by atoms with Gasteiger partial charge in [0.25, 0.3) is 0 Å². The van der Waals surface area contributed by atoms with E-state index in [0.29, 0.717) is 5.92 Å². The molecule has 0 radical (unpaired) electrons. The first kappa shape index (κ1) is 14.9. The number of hydrogen-bond donors (Lipinski definition) is 2. The van der Waals surface area contributed by atoms with Gasteiger partial charge < -0.3 is 19.7 Å². The van der Waals surface area contributed by atoms with Crippen LogP contribution in [-0.2, 0) is 9.47 Å². The number of ether oxygens (including phenoxy) is 2. The van der Waals surface area contributed by atoms with Crippen LogP contribution in [0.2, 0.25) is 0 Å². The lowest BCUT2D eigenvalue weighted by atomic mass is 9.89. The zero-order chi connectivity index (χ0) is 13.2. The van der Waals surface area contributed by atoms with Crippen LogP contribution in [0.3, 0.4) is 0 Å². The van der Waals surface area contributed by atoms with Crippen LogP contribution in [0.25, 0.3) is 0 Å². The summed E-state index contributed by atoms with van der Waals surface area (Å²) in [4.78, 5) is 0. The molecule has 0 unspecified atom stereocenters. The van der Waals surface area contributed by atoms with Crippen molar-refractivity contribution in [3.05, 3.63) is 0 Å². The van der Waals surface area contributed by atoms with E-state index in [1.807, 2.05) is 20.8 Å². The highest BCUT2D eigenvalue weighted by Crippen LogP contribution is 2.34. The molecular weight excluding hydrogens is 220 g/mol. The third-order valence-corrected chi connectivity index (χ3v) is 3.24. The quantitative estimate of drug-likeness (QED) is 0.772. The summed E-state index contributed by atoms with van der Waals surface area (Å²) in [6.45, 7) is 9.69. The normalized spacial score (nSPS) is 31.8. The summed E-state index contributed by atoms with van der Waals surface area (Å²) in [6.07, 6.45) is -0.281. The smallest absolute Gasteiger partial charge is 0.163 e. The van der Waals surface area contributed by atoms with E-state index >= 15 is 0 Å². The SMILES string of the molecule is CC(C)C[C@@H](O)[C@H](C)[C@H]1OC(C)(C)O[C@H]1CO. The van der Waals surface area contributed by atoms with Gasteiger partial charge in [-0.25, -0.2) is 0 Å². The van der Waals surface area contributed by atoms with Crippen LogP contribution in [-0.4, -0.2) is 40.9 Å². The predicted octanol–water partition coefficient (Wildman–Crippen LogP) is 1.54. The molecule has 0 spiro atoms. The Morgan fingerprint density at radius 3 is 2.24 bits per heavy atom. The van der Waals surface area contributed by atoms with Crippen molar-refractivity contribution in [1.29, 1.82) is 0 Å². The summed E-state index contributed by atoms with van der Waals surface area (Å²) in [7, 11) is 0. The van der Waals surface area contributed by atoms with E-state index in [1.165, 1.54) is 0 Å². The molecule has 0 aromatic carbocycles. The van der Waals surface area contributed by atoms with E-state index in [9.17, 15) is 10.2 Å². The topological polar surface area (TPSA) is 58.9 Å². The van der Waals surface area contributed by atoms with E-state index < -0.39 is 11.9 Å². The Morgan fingerprint density at radius 1 is 1.18 bits per heavy atom. The fraction of sp³-hybridized carbons (Fsp3) is 1.00. The highest BCUT2D eigenvalue weighted by Gasteiger charge is 2.45. The minimum atomic E-state index is -0.677. The van der Waals surface area contributed by atoms with Gasteiger partial charge in [0.05, 0.1) is 18.8 Å². The second kappa shape index (κ2) is 5.65. The molecule has 4 atom stereocenters. The molecule has 1 saturated heterocycles. The van der Waals surface area contributed by atoms with Gasteiger partial charge in [-0.3, -0.25) is 0 Å². The highest BCUT2D eigenvalue weighted by molar-refractivity contribution is 4.87. The Labute approximate surface area is 104 Å². The first-order valence-corrected chi connectivity index (χ1v) is 6.41. The number of hydrogen-bond acceptors (Lipinski definition) is 4. The van der Waals surface area contributed by atoms with Crippen LogP contribution >= 0.6 is 0 Å². The molecule has 2 N–H and O–H groups in total. The molecule has 0 saturated carbocycles. The average Bonchev–Trinajstić information content (AvgIpc) is 2.51. The standard InChI is InChI=1S/C13H26O4/c1-8(2)6-10(15)9(3)12-11(7-14)16-13(4,5)17-12/h8-12,14-15H,6-7H2,1-5H3/t9-,10+,11-,12+/m0/s1. The minimum Gasteiger partial charge on any atom is -0.394 e. The molecule has 1 fully saturated rings. The van der Waals surface area contributed by atoms with Crippen molar-refractivity contribution < 1.29 is 19.7 Å². The molecule has 1 aliphatic rings. The third-order valence-electron chi connectivity index (χ3n) is 3.24. The maximum atomic E-state index is 10.1. The lowest BCUT2D eigenvalue weighted by Crippen LogP contribution is -2.38. The molecule has 17 heavy (non-hydrogen) atoms. The number of aliphatic hydroxyl groups is 2. The van der Waals surface area contributed by atoms with E-state index in [4.69, 9.17) is 9.47 Å². The van der Waals surface area contributed by atoms with Crippen molar-refractivity contribution in [1.82, 2.24) is 0 Å². The molecule has 0 bridgehead atoms. The molecular formula is C13H26O4. The van der Waals surface area contributed by atoms with E-state index in [1.54, 1.807) is 0 Å². The molecule has 0 aromatic heterocycles. The summed E-state index contributed by atoms with van der Waals surface area (Å²) >= 11 is 0. The lowest BCUT2D eigenvalue weighted by Gasteiger charge is -2.27. The van der Waals surface area contributed by atoms with E-state index in [2.05, 4.69) is 13.8 Å². The summed E-state index contributed by atoms with van der Waals surface area (Å²) in [5.74, 6) is -0.282. The van der Waals surface area contributed by atoms with Crippen molar-refractivity contribution >= 4 is 0 Å². The van der Waals surface area contributed by atoms with Crippen LogP contribution in [0.4, 0.5) is 0 Å². The molecule has 1 rings (SSSR count). The van der Waals surface area contributed by atoms with Crippen molar-refractivity contribution in [2.24, 2.45) is 11.8 Å². The average molecular weight is 246 g/mol. The monoisotopic (exact) mass is 246 g/mol. The predicted molar refractivity (Wildman–Crippen MR) is 65.5 cm³/mol. The van der Waals surface area contributed by atoms with Gasteiger partial charge in [-0.15, -0.1) is 0 Å². The highest BCUT2D eigenvalue weighted by atomic mass is 16.8. The van der Waals surface area contributed by atoms with Crippen LogP contribution in [0.1, 0.15) is 41.0 Å². The van der Waals surface area contributed by atoms with Gasteiger partial charge >= 0.3 is 0 Å². The summed E-state index contributed by atoms with van der Waals surface area (Å²) in [5, 5.41) is 19.4. The molecule has 0 amide bonds. The number of rotatable bonds is 5. The Hall–Kier alpha value is -0.160. The zero-order valence-electron chi connectivity index (χ0n) is 11.5. The fourth-order valence-corrected chi connectivity index (χ4v) is 2.37. The molecule has 102 valence electrons. The van der Waals surface area contributed by atoms with Crippen LogP contribution < -0.4 is 0 Å². The van der Waals surface area contributed by atoms with Crippen molar-refractivity contribution in [3.8, 4) is 0 Å². The second-order valence-corrected chi connectivity index (χ2v) is 5.88. The fourth-order valence-electron chi connectivity index (χ4n) is 2.37. The third kappa shape index (κ3) is 3.91. The van der Waals surface area contributed by atoms with E-state index in [0.717, 1.165) is 6.42 Å². The van der Waals surface area contributed by atoms with Gasteiger partial charge in [0.2, 0.25) is 0 Å². The lowest BCUT2D eigenvalue weighted by molar-refractivity contribution is -0.155. The maximum Gasteiger partial charge on any atom is 0.163 e. The Morgan fingerprint density at radius 2 is 1.76 bits per heavy atom. The second-order valence-electron chi connectivity index (χ2n) is 5.88. The van der Waals surface area contributed by atoms with Crippen LogP contribution in [0.5, 0.6) is 0 Å². The molecule has 4 heteroatoms. The minimum absolute atomic E-state index is 0.0451. The molecule has 1 heterocycles. The Bertz CT molecular complexity index is 240. The van der Waals surface area contributed by atoms with Gasteiger partial charge in [0.1, 0.15) is 6.10 Å². The van der Waals surface area contributed by atoms with Gasteiger partial charge in [-0.05, 0) is 26.2 Å². The van der Waals surface area contributed by atoms with Gasteiger partial charge in [0.15, 0.2) is 5.79 Å². The zero-order valence-corrected chi connectivity index (χ0v) is 11.5. The van der Waals surface area contributed by atoms with Crippen LogP contribution in [0.15, 0.2) is 0 Å². The van der Waals surface area contributed by atoms with Gasteiger partial charge in [-0.1, -0.05) is 20.8 Å². The first-order chi connectivity index (χ1) is 7.76. The van der Waals surface area contributed by atoms with Crippen molar-refractivity contribution in [3.63, 3.8) is 0 Å². The summed E-state index contributed by atoms with van der Waals surface area (Å²) in [6, 6.07) is 0. The Balaban J connectivity index is 2.64. The molecule has 0 aromatic rings. The summed E-state index contributed by atoms with van der Waals surface area (Å²) in [5.41, 5.74) is 0. The molecule has 0 aliphatic carbocycles. The van der Waals surface area contributed by atoms with Gasteiger partial charge in [-0.2, -0.15) is 0 Å². The maximum absolute atomic E-state index is 10.1. The van der Waals surface area contributed by atoms with Crippen molar-refractivity contribution in [2.45, 2.75) is 65.1 Å². The number of aliphatic hydroxyl groups excluding tert-OH is 2. The largest absolute Gasteiger partial charge is 0.394 e.